The number of nitrogens with two attached hydrogens (primary N) is 1. The van der Waals surface area contributed by atoms with Crippen LogP contribution in [-0.4, -0.2) is 55.2 Å². The summed E-state index contributed by atoms with van der Waals surface area (Å²) in [5, 5.41) is 0. The average molecular weight is 269 g/mol. The summed E-state index contributed by atoms with van der Waals surface area (Å²) in [6, 6.07) is 0.401. The van der Waals surface area contributed by atoms with Crippen molar-refractivity contribution in [3.8, 4) is 0 Å². The molecule has 1 aliphatic rings. The quantitative estimate of drug-likeness (QED) is 0.799. The molecule has 2 atom stereocenters. The van der Waals surface area contributed by atoms with E-state index in [2.05, 4.69) is 0 Å². The van der Waals surface area contributed by atoms with Crippen molar-refractivity contribution in [1.82, 2.24) is 4.90 Å². The molecule has 0 spiro atoms. The van der Waals surface area contributed by atoms with Gasteiger partial charge in [0, 0.05) is 32.5 Å². The van der Waals surface area contributed by atoms with Crippen LogP contribution in [0.2, 0.25) is 0 Å². The van der Waals surface area contributed by atoms with Crippen LogP contribution in [-0.2, 0) is 9.53 Å². The fourth-order valence-electron chi connectivity index (χ4n) is 1.63. The second-order valence-electron chi connectivity index (χ2n) is 3.82. The minimum Gasteiger partial charge on any atom is -0.380 e. The molecule has 1 fully saturated rings. The fourth-order valence-corrected chi connectivity index (χ4v) is 2.90. The van der Waals surface area contributed by atoms with Gasteiger partial charge in [0.25, 0.3) is 0 Å². The van der Waals surface area contributed by atoms with E-state index in [1.54, 1.807) is 7.11 Å². The molecule has 0 radical (unpaired) electrons. The predicted molar refractivity (Wildman–Crippen MR) is 70.2 cm³/mol. The molecule has 1 saturated heterocycles. The number of nitrogens with zero attached hydrogens (tertiary/aromatic N) is 1. The van der Waals surface area contributed by atoms with E-state index in [0.29, 0.717) is 19.0 Å². The third kappa shape index (κ3) is 4.49. The molecule has 0 bridgehead atoms. The fraction of sp³-hybridized carbons (Fsp3) is 0.900. The van der Waals surface area contributed by atoms with E-state index >= 15 is 0 Å². The molecular weight excluding hydrogens is 248 g/mol. The topological polar surface area (TPSA) is 55.6 Å². The number of carbonyl (C=O) groups excluding carboxylic acids is 1. The monoisotopic (exact) mass is 268 g/mol. The predicted octanol–water partition coefficient (Wildman–Crippen LogP) is 0.736. The standard InChI is InChI=1S/C10H20N2O2S.ClH/c1-12(8-3-4-15-7-8)10(13)5-9(6-11)14-2;/h8-9H,3-7,11H2,1-2H3;1H. The highest BCUT2D eigenvalue weighted by atomic mass is 35.5. The summed E-state index contributed by atoms with van der Waals surface area (Å²) in [4.78, 5) is 13.7. The molecule has 0 aromatic rings. The van der Waals surface area contributed by atoms with Gasteiger partial charge in [-0.3, -0.25) is 4.79 Å². The minimum atomic E-state index is -0.144. The van der Waals surface area contributed by atoms with Gasteiger partial charge in [0.15, 0.2) is 0 Å². The van der Waals surface area contributed by atoms with Gasteiger partial charge in [-0.05, 0) is 12.2 Å². The van der Waals surface area contributed by atoms with Crippen LogP contribution in [0.5, 0.6) is 0 Å². The maximum absolute atomic E-state index is 11.8. The Morgan fingerprint density at radius 2 is 2.38 bits per heavy atom. The first-order valence-electron chi connectivity index (χ1n) is 5.25. The molecule has 0 aromatic heterocycles. The van der Waals surface area contributed by atoms with Crippen molar-refractivity contribution in [2.24, 2.45) is 5.73 Å². The normalized spacial score (nSPS) is 21.3. The van der Waals surface area contributed by atoms with E-state index in [-0.39, 0.29) is 24.4 Å². The Kier molecular flexibility index (Phi) is 8.18. The summed E-state index contributed by atoms with van der Waals surface area (Å²) >= 11 is 1.91. The molecule has 0 aliphatic carbocycles. The van der Waals surface area contributed by atoms with E-state index in [0.717, 1.165) is 17.9 Å². The van der Waals surface area contributed by atoms with Crippen molar-refractivity contribution in [2.45, 2.75) is 25.0 Å². The van der Waals surface area contributed by atoms with Crippen LogP contribution in [0.1, 0.15) is 12.8 Å². The summed E-state index contributed by atoms with van der Waals surface area (Å²) in [5.74, 6) is 2.36. The first-order valence-corrected chi connectivity index (χ1v) is 6.40. The highest BCUT2D eigenvalue weighted by Crippen LogP contribution is 2.21. The SMILES string of the molecule is COC(CN)CC(=O)N(C)C1CCSC1.Cl. The van der Waals surface area contributed by atoms with Crippen LogP contribution in [0.4, 0.5) is 0 Å². The number of rotatable bonds is 5. The zero-order valence-corrected chi connectivity index (χ0v) is 11.5. The molecule has 4 nitrogen and oxygen atoms in total. The van der Waals surface area contributed by atoms with Crippen LogP contribution < -0.4 is 5.73 Å². The second kappa shape index (κ2) is 8.17. The number of ether oxygens (including phenoxy) is 1. The molecule has 1 rings (SSSR count). The molecule has 0 saturated carbocycles. The molecule has 2 unspecified atom stereocenters. The third-order valence-electron chi connectivity index (χ3n) is 2.85. The zero-order valence-electron chi connectivity index (χ0n) is 9.85. The lowest BCUT2D eigenvalue weighted by atomic mass is 10.2. The lowest BCUT2D eigenvalue weighted by Gasteiger charge is -2.25. The van der Waals surface area contributed by atoms with E-state index < -0.39 is 0 Å². The lowest BCUT2D eigenvalue weighted by molar-refractivity contribution is -0.133. The number of carbonyl (C=O) groups is 1. The molecule has 1 aliphatic heterocycles. The number of hydrogen-bond acceptors (Lipinski definition) is 4. The Bertz CT molecular complexity index is 209. The van der Waals surface area contributed by atoms with Crippen molar-refractivity contribution in [3.05, 3.63) is 0 Å². The van der Waals surface area contributed by atoms with E-state index in [9.17, 15) is 4.79 Å². The number of hydrogen-bond donors (Lipinski definition) is 1. The van der Waals surface area contributed by atoms with Crippen LogP contribution in [0.25, 0.3) is 0 Å². The Morgan fingerprint density at radius 3 is 2.81 bits per heavy atom. The van der Waals surface area contributed by atoms with Crippen molar-refractivity contribution >= 4 is 30.1 Å². The zero-order chi connectivity index (χ0) is 11.3. The summed E-state index contributed by atoms with van der Waals surface area (Å²) in [5.41, 5.74) is 5.49. The average Bonchev–Trinajstić information content (AvgIpc) is 2.77. The highest BCUT2D eigenvalue weighted by molar-refractivity contribution is 7.99. The van der Waals surface area contributed by atoms with Crippen molar-refractivity contribution in [2.75, 3.05) is 32.2 Å². The van der Waals surface area contributed by atoms with Crippen molar-refractivity contribution in [3.63, 3.8) is 0 Å². The van der Waals surface area contributed by atoms with E-state index in [1.807, 2.05) is 23.7 Å². The first kappa shape index (κ1) is 16.0. The Morgan fingerprint density at radius 1 is 1.69 bits per heavy atom. The van der Waals surface area contributed by atoms with Gasteiger partial charge in [0.1, 0.15) is 0 Å². The van der Waals surface area contributed by atoms with E-state index in [1.165, 1.54) is 0 Å². The van der Waals surface area contributed by atoms with Gasteiger partial charge >= 0.3 is 0 Å². The molecule has 16 heavy (non-hydrogen) atoms. The van der Waals surface area contributed by atoms with Crippen LogP contribution in [0.15, 0.2) is 0 Å². The lowest BCUT2D eigenvalue weighted by Crippen LogP contribution is -2.40. The molecule has 6 heteroatoms. The Hall–Kier alpha value is 0.0300. The highest BCUT2D eigenvalue weighted by Gasteiger charge is 2.25. The number of halogens is 1. The smallest absolute Gasteiger partial charge is 0.225 e. The maximum atomic E-state index is 11.8. The number of methoxy groups -OCH3 is 1. The Balaban J connectivity index is 0.00000225. The van der Waals surface area contributed by atoms with Gasteiger partial charge in [0.05, 0.1) is 12.5 Å². The van der Waals surface area contributed by atoms with Gasteiger partial charge in [-0.2, -0.15) is 11.8 Å². The van der Waals surface area contributed by atoms with Crippen LogP contribution >= 0.6 is 24.2 Å². The van der Waals surface area contributed by atoms with Crippen molar-refractivity contribution in [1.29, 1.82) is 0 Å². The molecule has 0 aromatic carbocycles. The van der Waals surface area contributed by atoms with Gasteiger partial charge in [-0.1, -0.05) is 0 Å². The molecule has 96 valence electrons. The van der Waals surface area contributed by atoms with Gasteiger partial charge in [-0.15, -0.1) is 12.4 Å². The molecule has 1 heterocycles. The molecule has 2 N–H and O–H groups in total. The van der Waals surface area contributed by atoms with Crippen molar-refractivity contribution < 1.29 is 9.53 Å². The second-order valence-corrected chi connectivity index (χ2v) is 4.97. The molecule has 1 amide bonds. The maximum Gasteiger partial charge on any atom is 0.225 e. The van der Waals surface area contributed by atoms with Crippen LogP contribution in [0.3, 0.4) is 0 Å². The first-order chi connectivity index (χ1) is 7.19. The largest absolute Gasteiger partial charge is 0.380 e. The Labute approximate surface area is 108 Å². The number of thioether (sulfide) groups is 1. The number of amides is 1. The summed E-state index contributed by atoms with van der Waals surface area (Å²) in [6.07, 6.45) is 1.35. The van der Waals surface area contributed by atoms with Gasteiger partial charge in [0.2, 0.25) is 5.91 Å². The summed E-state index contributed by atoms with van der Waals surface area (Å²) in [6.45, 7) is 0.398. The van der Waals surface area contributed by atoms with Gasteiger partial charge in [-0.25, -0.2) is 0 Å². The van der Waals surface area contributed by atoms with E-state index in [4.69, 9.17) is 10.5 Å². The molecular formula is C10H21ClN2O2S. The van der Waals surface area contributed by atoms with Crippen LogP contribution in [0, 0.1) is 0 Å². The third-order valence-corrected chi connectivity index (χ3v) is 3.99. The summed E-state index contributed by atoms with van der Waals surface area (Å²) in [7, 11) is 3.47. The van der Waals surface area contributed by atoms with Gasteiger partial charge < -0.3 is 15.4 Å². The minimum absolute atomic E-state index is 0. The summed E-state index contributed by atoms with van der Waals surface area (Å²) < 4.78 is 5.11.